The number of nitrogens with zero attached hydrogens (tertiary/aromatic N) is 5. The number of amides is 2. The number of fused-ring (bicyclic) bond motifs is 1. The topological polar surface area (TPSA) is 91.1 Å². The lowest BCUT2D eigenvalue weighted by Crippen LogP contribution is -2.41. The smallest absolute Gasteiger partial charge is 0.409 e. The normalized spacial score (nSPS) is 18.7. The molecule has 0 unspecified atom stereocenters. The van der Waals surface area contributed by atoms with Crippen LogP contribution < -0.4 is 0 Å². The van der Waals surface area contributed by atoms with Crippen LogP contribution in [0.25, 0.3) is 16.6 Å². The molecular formula is C34H46FN5O4. The van der Waals surface area contributed by atoms with Crippen LogP contribution in [0.5, 0.6) is 0 Å². The standard InChI is InChI=1S/C34H46FN5O4/c1-22(2)39(18-24(4)41)33(42)29-15-28(35)6-7-30(29)40-21-27(32-23(3)16-36-17-31(32)40)14-26-8-11-37(20-26)19-25-9-12-38(13-10-25)34(43)44-5/h6-7,15-17,21-22,24-26,41H,8-14,18-20H2,1-5H3/t24-,26-/m0/s1. The average Bonchev–Trinajstić information content (AvgIpc) is 3.60. The van der Waals surface area contributed by atoms with E-state index in [1.807, 2.05) is 30.8 Å². The van der Waals surface area contributed by atoms with Crippen LogP contribution >= 0.6 is 0 Å². The minimum atomic E-state index is -0.706. The molecule has 0 saturated carbocycles. The highest BCUT2D eigenvalue weighted by molar-refractivity contribution is 5.99. The Morgan fingerprint density at radius 3 is 2.52 bits per heavy atom. The Balaban J connectivity index is 1.37. The Bertz CT molecular complexity index is 1480. The van der Waals surface area contributed by atoms with Crippen LogP contribution in [-0.2, 0) is 11.2 Å². The number of aliphatic hydroxyl groups is 1. The average molecular weight is 608 g/mol. The molecule has 2 saturated heterocycles. The molecule has 10 heteroatoms. The summed E-state index contributed by atoms with van der Waals surface area (Å²) >= 11 is 0. The third-order valence-electron chi connectivity index (χ3n) is 9.22. The van der Waals surface area contributed by atoms with E-state index in [4.69, 9.17) is 4.74 Å². The number of hydrogen-bond donors (Lipinski definition) is 1. The fourth-order valence-corrected chi connectivity index (χ4v) is 7.00. The molecule has 0 aliphatic carbocycles. The quantitative estimate of drug-likeness (QED) is 0.366. The summed E-state index contributed by atoms with van der Waals surface area (Å²) in [5.41, 5.74) is 4.01. The Hall–Kier alpha value is -3.50. The molecule has 3 aromatic rings. The van der Waals surface area contributed by atoms with Gasteiger partial charge in [0.2, 0.25) is 0 Å². The summed E-state index contributed by atoms with van der Waals surface area (Å²) in [4.78, 5) is 36.1. The third-order valence-corrected chi connectivity index (χ3v) is 9.22. The number of likely N-dealkylation sites (tertiary alicyclic amines) is 2. The number of pyridine rings is 1. The molecule has 9 nitrogen and oxygen atoms in total. The number of carbonyl (C=O) groups is 2. The summed E-state index contributed by atoms with van der Waals surface area (Å²) in [5, 5.41) is 11.2. The molecule has 2 atom stereocenters. The van der Waals surface area contributed by atoms with Gasteiger partial charge in [0.25, 0.3) is 5.91 Å². The van der Waals surface area contributed by atoms with Gasteiger partial charge in [0.15, 0.2) is 0 Å². The molecule has 44 heavy (non-hydrogen) atoms. The number of rotatable bonds is 9. The van der Waals surface area contributed by atoms with Crippen molar-refractivity contribution in [2.24, 2.45) is 11.8 Å². The molecule has 2 fully saturated rings. The molecule has 4 heterocycles. The molecule has 0 radical (unpaired) electrons. The van der Waals surface area contributed by atoms with Gasteiger partial charge in [-0.05, 0) is 101 Å². The first-order valence-corrected chi connectivity index (χ1v) is 15.8. The van der Waals surface area contributed by atoms with E-state index >= 15 is 0 Å². The van der Waals surface area contributed by atoms with E-state index in [-0.39, 0.29) is 30.2 Å². The van der Waals surface area contributed by atoms with Crippen LogP contribution in [0.1, 0.15) is 61.5 Å². The van der Waals surface area contributed by atoms with Crippen LogP contribution in [0.3, 0.4) is 0 Å². The molecule has 0 spiro atoms. The summed E-state index contributed by atoms with van der Waals surface area (Å²) in [6, 6.07) is 4.19. The van der Waals surface area contributed by atoms with Gasteiger partial charge in [0.1, 0.15) is 5.82 Å². The number of carbonyl (C=O) groups excluding carboxylic acids is 2. The van der Waals surface area contributed by atoms with E-state index in [1.165, 1.54) is 24.8 Å². The zero-order valence-electron chi connectivity index (χ0n) is 26.6. The van der Waals surface area contributed by atoms with Crippen molar-refractivity contribution in [3.63, 3.8) is 0 Å². The zero-order chi connectivity index (χ0) is 31.5. The van der Waals surface area contributed by atoms with Gasteiger partial charge < -0.3 is 29.1 Å². The Morgan fingerprint density at radius 1 is 1.11 bits per heavy atom. The summed E-state index contributed by atoms with van der Waals surface area (Å²) < 4.78 is 21.5. The van der Waals surface area contributed by atoms with Crippen molar-refractivity contribution in [1.29, 1.82) is 0 Å². The predicted molar refractivity (Wildman–Crippen MR) is 169 cm³/mol. The van der Waals surface area contributed by atoms with Crippen molar-refractivity contribution < 1.29 is 23.8 Å². The fourth-order valence-electron chi connectivity index (χ4n) is 7.00. The van der Waals surface area contributed by atoms with Gasteiger partial charge in [0, 0.05) is 56.5 Å². The minimum absolute atomic E-state index is 0.160. The lowest BCUT2D eigenvalue weighted by Gasteiger charge is -2.33. The molecule has 238 valence electrons. The first kappa shape index (κ1) is 31.9. The summed E-state index contributed by atoms with van der Waals surface area (Å²) in [6.07, 6.45) is 8.87. The van der Waals surface area contributed by atoms with Gasteiger partial charge in [-0.2, -0.15) is 0 Å². The number of methoxy groups -OCH3 is 1. The minimum Gasteiger partial charge on any atom is -0.453 e. The number of aryl methyl sites for hydroxylation is 1. The molecule has 1 aromatic carbocycles. The molecule has 2 aromatic heterocycles. The third kappa shape index (κ3) is 6.91. The number of halogens is 1. The van der Waals surface area contributed by atoms with Crippen LogP contribution in [0.4, 0.5) is 9.18 Å². The highest BCUT2D eigenvalue weighted by Crippen LogP contribution is 2.33. The summed E-state index contributed by atoms with van der Waals surface area (Å²) in [7, 11) is 1.44. The van der Waals surface area contributed by atoms with E-state index in [0.717, 1.165) is 74.9 Å². The molecule has 2 amide bonds. The van der Waals surface area contributed by atoms with Crippen LogP contribution in [0.15, 0.2) is 36.8 Å². The maximum absolute atomic E-state index is 14.6. The number of hydrogen-bond acceptors (Lipinski definition) is 6. The van der Waals surface area contributed by atoms with Crippen molar-refractivity contribution in [3.8, 4) is 5.69 Å². The van der Waals surface area contributed by atoms with Crippen molar-refractivity contribution in [2.45, 2.75) is 65.5 Å². The second-order valence-corrected chi connectivity index (χ2v) is 13.0. The number of aromatic nitrogens is 2. The van der Waals surface area contributed by atoms with Gasteiger partial charge in [0.05, 0.1) is 36.2 Å². The van der Waals surface area contributed by atoms with Gasteiger partial charge in [-0.1, -0.05) is 0 Å². The molecular weight excluding hydrogens is 561 g/mol. The van der Waals surface area contributed by atoms with Crippen molar-refractivity contribution in [3.05, 3.63) is 59.3 Å². The number of aliphatic hydroxyl groups excluding tert-OH is 1. The maximum atomic E-state index is 14.6. The van der Waals surface area contributed by atoms with E-state index < -0.39 is 11.9 Å². The summed E-state index contributed by atoms with van der Waals surface area (Å²) in [5.74, 6) is 0.279. The van der Waals surface area contributed by atoms with Gasteiger partial charge in [-0.3, -0.25) is 9.78 Å². The maximum Gasteiger partial charge on any atom is 0.409 e. The SMILES string of the molecule is COC(=O)N1CCC(CN2CC[C@@H](Cc3cn(-c4ccc(F)cc4C(=O)N(C[C@H](C)O)C(C)C)c4cncc(C)c34)C2)CC1. The lowest BCUT2D eigenvalue weighted by atomic mass is 9.96. The first-order valence-electron chi connectivity index (χ1n) is 15.8. The molecule has 2 aliphatic heterocycles. The van der Waals surface area contributed by atoms with Crippen molar-refractivity contribution >= 4 is 22.9 Å². The summed E-state index contributed by atoms with van der Waals surface area (Å²) in [6.45, 7) is 12.3. The van der Waals surface area contributed by atoms with E-state index in [0.29, 0.717) is 17.5 Å². The molecule has 1 N–H and O–H groups in total. The fraction of sp³-hybridized carbons (Fsp3) is 0.559. The first-order chi connectivity index (χ1) is 21.0. The Labute approximate surface area is 259 Å². The van der Waals surface area contributed by atoms with Crippen LogP contribution in [0, 0.1) is 24.6 Å². The van der Waals surface area contributed by atoms with E-state index in [2.05, 4.69) is 23.0 Å². The largest absolute Gasteiger partial charge is 0.453 e. The van der Waals surface area contributed by atoms with Crippen molar-refractivity contribution in [2.75, 3.05) is 46.4 Å². The second kappa shape index (κ2) is 13.6. The van der Waals surface area contributed by atoms with E-state index in [1.54, 1.807) is 22.8 Å². The number of piperidine rings is 1. The monoisotopic (exact) mass is 607 g/mol. The highest BCUT2D eigenvalue weighted by atomic mass is 19.1. The number of ether oxygens (including phenoxy) is 1. The zero-order valence-corrected chi connectivity index (χ0v) is 26.6. The van der Waals surface area contributed by atoms with Gasteiger partial charge in [-0.15, -0.1) is 0 Å². The highest BCUT2D eigenvalue weighted by Gasteiger charge is 2.30. The Morgan fingerprint density at radius 2 is 1.84 bits per heavy atom. The van der Waals surface area contributed by atoms with Gasteiger partial charge in [-0.25, -0.2) is 9.18 Å². The van der Waals surface area contributed by atoms with Gasteiger partial charge >= 0.3 is 6.09 Å². The van der Waals surface area contributed by atoms with Crippen LogP contribution in [-0.4, -0.2) is 99.9 Å². The van der Waals surface area contributed by atoms with E-state index in [9.17, 15) is 19.1 Å². The molecule has 2 aliphatic rings. The van der Waals surface area contributed by atoms with Crippen molar-refractivity contribution in [1.82, 2.24) is 24.3 Å². The lowest BCUT2D eigenvalue weighted by molar-refractivity contribution is 0.0578. The molecule has 0 bridgehead atoms. The predicted octanol–water partition coefficient (Wildman–Crippen LogP) is 5.05. The second-order valence-electron chi connectivity index (χ2n) is 13.0. The van der Waals surface area contributed by atoms with Crippen LogP contribution in [0.2, 0.25) is 0 Å². The Kier molecular flexibility index (Phi) is 9.90. The molecule has 5 rings (SSSR count). The number of benzene rings is 1.